The Morgan fingerprint density at radius 1 is 0.872 bits per heavy atom. The molecule has 0 unspecified atom stereocenters. The summed E-state index contributed by atoms with van der Waals surface area (Å²) in [5.74, 6) is -0.537. The van der Waals surface area contributed by atoms with E-state index < -0.39 is 16.0 Å². The highest BCUT2D eigenvalue weighted by molar-refractivity contribution is 7.92. The summed E-state index contributed by atoms with van der Waals surface area (Å²) in [6.07, 6.45) is 0. The van der Waals surface area contributed by atoms with E-state index in [1.54, 1.807) is 37.3 Å². The van der Waals surface area contributed by atoms with Gasteiger partial charge in [-0.25, -0.2) is 18.2 Å². The van der Waals surface area contributed by atoms with Crippen LogP contribution in [0, 0.1) is 6.92 Å². The van der Waals surface area contributed by atoms with Crippen LogP contribution < -0.4 is 14.5 Å². The topological polar surface area (TPSA) is 120 Å². The van der Waals surface area contributed by atoms with Crippen LogP contribution in [0.3, 0.4) is 0 Å². The number of carbonyl (C=O) groups is 2. The Morgan fingerprint density at radius 2 is 1.51 bits per heavy atom. The minimum atomic E-state index is -3.84. The average molecular weight is 545 g/mol. The Bertz CT molecular complexity index is 1660. The number of anilines is 3. The first-order chi connectivity index (χ1) is 18.6. The maximum atomic E-state index is 12.8. The molecule has 1 saturated heterocycles. The number of Topliss-reactive ketones (excluding diaryl/α,β-unsaturated/α-hetero) is 1. The molecule has 1 aromatic heterocycles. The third-order valence-corrected chi connectivity index (χ3v) is 8.25. The molecule has 1 aliphatic rings. The van der Waals surface area contributed by atoms with Crippen LogP contribution in [0.15, 0.2) is 77.7 Å². The number of rotatable bonds is 7. The second-order valence-corrected chi connectivity index (χ2v) is 11.2. The van der Waals surface area contributed by atoms with Gasteiger partial charge in [-0.2, -0.15) is 0 Å². The van der Waals surface area contributed by atoms with E-state index in [4.69, 9.17) is 4.98 Å². The number of benzene rings is 3. The standard InChI is InChI=1S/C29H28N4O5S/c1-19-3-10-24(11-4-19)39(37,38)31-22-7-12-27-25(17-22)26(29(35)36)18-28(30-27)33-15-13-32(14-16-33)23-8-5-21(6-9-23)20(2)34/h3-12,17-18,31H,13-16H2,1-2H3,(H,35,36). The summed E-state index contributed by atoms with van der Waals surface area (Å²) in [5, 5.41) is 10.3. The van der Waals surface area contributed by atoms with Gasteiger partial charge in [-0.05, 0) is 74.5 Å². The molecular weight excluding hydrogens is 516 g/mol. The van der Waals surface area contributed by atoms with E-state index in [1.807, 2.05) is 36.1 Å². The van der Waals surface area contributed by atoms with Gasteiger partial charge in [-0.15, -0.1) is 0 Å². The van der Waals surface area contributed by atoms with Crippen LogP contribution in [-0.4, -0.2) is 56.4 Å². The lowest BCUT2D eigenvalue weighted by Crippen LogP contribution is -2.46. The number of hydrogen-bond donors (Lipinski definition) is 2. The van der Waals surface area contributed by atoms with E-state index in [2.05, 4.69) is 9.62 Å². The molecule has 0 amide bonds. The summed E-state index contributed by atoms with van der Waals surface area (Å²) >= 11 is 0. The maximum Gasteiger partial charge on any atom is 0.336 e. The normalized spacial score (nSPS) is 13.9. The molecule has 200 valence electrons. The van der Waals surface area contributed by atoms with Crippen molar-refractivity contribution in [2.75, 3.05) is 40.7 Å². The van der Waals surface area contributed by atoms with Gasteiger partial charge in [0.05, 0.1) is 16.0 Å². The lowest BCUT2D eigenvalue weighted by molar-refractivity contribution is 0.0698. The smallest absolute Gasteiger partial charge is 0.336 e. The number of hydrogen-bond acceptors (Lipinski definition) is 7. The number of sulfonamides is 1. The number of nitrogens with one attached hydrogen (secondary N) is 1. The molecule has 5 rings (SSSR count). The van der Waals surface area contributed by atoms with Gasteiger partial charge < -0.3 is 14.9 Å². The SMILES string of the molecule is CC(=O)c1ccc(N2CCN(c3cc(C(=O)O)c4cc(NS(=O)(=O)c5ccc(C)cc5)ccc4n3)CC2)cc1. The fourth-order valence-electron chi connectivity index (χ4n) is 4.65. The number of nitrogens with zero attached hydrogens (tertiary/aromatic N) is 3. The molecule has 0 atom stereocenters. The molecule has 1 aliphatic heterocycles. The highest BCUT2D eigenvalue weighted by Crippen LogP contribution is 2.28. The molecule has 2 N–H and O–H groups in total. The van der Waals surface area contributed by atoms with Crippen molar-refractivity contribution < 1.29 is 23.1 Å². The van der Waals surface area contributed by atoms with Gasteiger partial charge in [0.1, 0.15) is 5.82 Å². The lowest BCUT2D eigenvalue weighted by atomic mass is 10.1. The number of aryl methyl sites for hydroxylation is 1. The van der Waals surface area contributed by atoms with Gasteiger partial charge >= 0.3 is 5.97 Å². The number of carboxylic acids is 1. The van der Waals surface area contributed by atoms with Gasteiger partial charge in [0.15, 0.2) is 5.78 Å². The number of aromatic carboxylic acids is 1. The zero-order valence-corrected chi connectivity index (χ0v) is 22.4. The van der Waals surface area contributed by atoms with Gasteiger partial charge in [0, 0.05) is 48.5 Å². The quantitative estimate of drug-likeness (QED) is 0.325. The molecule has 4 aromatic rings. The van der Waals surface area contributed by atoms with Crippen LogP contribution in [0.25, 0.3) is 10.9 Å². The van der Waals surface area contributed by atoms with Gasteiger partial charge in [0.2, 0.25) is 0 Å². The molecule has 2 heterocycles. The van der Waals surface area contributed by atoms with Crippen molar-refractivity contribution in [2.45, 2.75) is 18.7 Å². The Balaban J connectivity index is 1.37. The molecule has 0 bridgehead atoms. The predicted molar refractivity (Wildman–Crippen MR) is 152 cm³/mol. The second-order valence-electron chi connectivity index (χ2n) is 9.56. The van der Waals surface area contributed by atoms with Crippen molar-refractivity contribution in [3.8, 4) is 0 Å². The Morgan fingerprint density at radius 3 is 2.13 bits per heavy atom. The van der Waals surface area contributed by atoms with E-state index in [1.165, 1.54) is 18.2 Å². The maximum absolute atomic E-state index is 12.8. The molecule has 39 heavy (non-hydrogen) atoms. The Labute approximate surface area is 226 Å². The monoisotopic (exact) mass is 544 g/mol. The molecule has 3 aromatic carbocycles. The summed E-state index contributed by atoms with van der Waals surface area (Å²) in [7, 11) is -3.84. The first-order valence-electron chi connectivity index (χ1n) is 12.5. The second kappa shape index (κ2) is 10.4. The minimum Gasteiger partial charge on any atom is -0.478 e. The minimum absolute atomic E-state index is 0.0266. The van der Waals surface area contributed by atoms with Crippen LogP contribution in [-0.2, 0) is 10.0 Å². The van der Waals surface area contributed by atoms with Gasteiger partial charge in [-0.1, -0.05) is 17.7 Å². The van der Waals surface area contributed by atoms with Crippen LogP contribution in [0.1, 0.15) is 33.2 Å². The number of carboxylic acid groups (broad SMARTS) is 1. The van der Waals surface area contributed by atoms with Crippen molar-refractivity contribution in [1.82, 2.24) is 4.98 Å². The van der Waals surface area contributed by atoms with Crippen LogP contribution in [0.2, 0.25) is 0 Å². The summed E-state index contributed by atoms with van der Waals surface area (Å²) in [6, 6.07) is 20.3. The molecule has 0 radical (unpaired) electrons. The fraction of sp³-hybridized carbons (Fsp3) is 0.207. The van der Waals surface area contributed by atoms with Crippen LogP contribution >= 0.6 is 0 Å². The molecule has 0 aliphatic carbocycles. The highest BCUT2D eigenvalue weighted by Gasteiger charge is 2.22. The number of piperazine rings is 1. The van der Waals surface area contributed by atoms with E-state index in [0.29, 0.717) is 48.5 Å². The van der Waals surface area contributed by atoms with E-state index >= 15 is 0 Å². The largest absolute Gasteiger partial charge is 0.478 e. The number of fused-ring (bicyclic) bond motifs is 1. The number of aromatic nitrogens is 1. The highest BCUT2D eigenvalue weighted by atomic mass is 32.2. The Hall–Kier alpha value is -4.44. The first kappa shape index (κ1) is 26.2. The van der Waals surface area contributed by atoms with Gasteiger partial charge in [-0.3, -0.25) is 9.52 Å². The van der Waals surface area contributed by atoms with E-state index in [0.717, 1.165) is 11.3 Å². The average Bonchev–Trinajstić information content (AvgIpc) is 2.92. The molecular formula is C29H28N4O5S. The summed E-state index contributed by atoms with van der Waals surface area (Å²) in [6.45, 7) is 6.11. The third-order valence-electron chi connectivity index (χ3n) is 6.85. The summed E-state index contributed by atoms with van der Waals surface area (Å²) < 4.78 is 28.2. The number of pyridine rings is 1. The van der Waals surface area contributed by atoms with Crippen LogP contribution in [0.5, 0.6) is 0 Å². The molecule has 0 spiro atoms. The van der Waals surface area contributed by atoms with Crippen molar-refractivity contribution in [2.24, 2.45) is 0 Å². The zero-order valence-electron chi connectivity index (χ0n) is 21.6. The molecule has 9 nitrogen and oxygen atoms in total. The Kier molecular flexibility index (Phi) is 6.96. The van der Waals surface area contributed by atoms with Crippen molar-refractivity contribution in [3.05, 3.63) is 89.5 Å². The van der Waals surface area contributed by atoms with Crippen molar-refractivity contribution in [3.63, 3.8) is 0 Å². The van der Waals surface area contributed by atoms with Crippen molar-refractivity contribution in [1.29, 1.82) is 0 Å². The fourth-order valence-corrected chi connectivity index (χ4v) is 5.70. The first-order valence-corrected chi connectivity index (χ1v) is 14.0. The third kappa shape index (κ3) is 5.56. The molecule has 0 saturated carbocycles. The lowest BCUT2D eigenvalue weighted by Gasteiger charge is -2.37. The molecule has 1 fully saturated rings. The summed E-state index contributed by atoms with van der Waals surface area (Å²) in [4.78, 5) is 32.8. The van der Waals surface area contributed by atoms with E-state index in [9.17, 15) is 23.1 Å². The van der Waals surface area contributed by atoms with Crippen molar-refractivity contribution >= 4 is 49.9 Å². The molecule has 10 heteroatoms. The van der Waals surface area contributed by atoms with Gasteiger partial charge in [0.25, 0.3) is 10.0 Å². The summed E-state index contributed by atoms with van der Waals surface area (Å²) in [5.41, 5.74) is 3.41. The number of carbonyl (C=O) groups excluding carboxylic acids is 1. The predicted octanol–water partition coefficient (Wildman–Crippen LogP) is 4.57. The zero-order chi connectivity index (χ0) is 27.7. The van der Waals surface area contributed by atoms with Crippen LogP contribution in [0.4, 0.5) is 17.2 Å². The van der Waals surface area contributed by atoms with E-state index in [-0.39, 0.29) is 21.9 Å². The number of ketones is 1.